The van der Waals surface area contributed by atoms with Crippen LogP contribution in [0.15, 0.2) is 0 Å². The summed E-state index contributed by atoms with van der Waals surface area (Å²) in [5.41, 5.74) is 4.76. The molecule has 0 saturated heterocycles. The van der Waals surface area contributed by atoms with E-state index in [2.05, 4.69) is 15.6 Å². The summed E-state index contributed by atoms with van der Waals surface area (Å²) in [5, 5.41) is 0. The Morgan fingerprint density at radius 2 is 2.00 bits per heavy atom. The normalized spacial score (nSPS) is 11.2. The molecule has 0 aliphatic heterocycles. The van der Waals surface area contributed by atoms with Crippen molar-refractivity contribution in [3.8, 4) is 0 Å². The molecule has 0 aromatic heterocycles. The number of carbonyl (C=O) groups is 1. The Balaban J connectivity index is 3.96. The molecule has 2 N–H and O–H groups in total. The molecule has 10 heavy (non-hydrogen) atoms. The first-order valence-electron chi connectivity index (χ1n) is 3.07. The number of ether oxygens (including phenoxy) is 1. The van der Waals surface area contributed by atoms with E-state index >= 15 is 0 Å². The van der Waals surface area contributed by atoms with Crippen molar-refractivity contribution in [1.82, 2.24) is 10.9 Å². The lowest BCUT2D eigenvalue weighted by Crippen LogP contribution is -2.52. The average Bonchev–Trinajstić information content (AvgIpc) is 1.86. The number of methoxy groups -OCH3 is 1. The minimum Gasteiger partial charge on any atom is -0.468 e. The Hall–Kier alpha value is -0.610. The third kappa shape index (κ3) is 2.33. The summed E-state index contributed by atoms with van der Waals surface area (Å²) in [6, 6.07) is 0. The first-order chi connectivity index (χ1) is 4.54. The largest absolute Gasteiger partial charge is 0.468 e. The van der Waals surface area contributed by atoms with E-state index in [1.54, 1.807) is 20.9 Å². The van der Waals surface area contributed by atoms with Crippen LogP contribution in [0.25, 0.3) is 0 Å². The van der Waals surface area contributed by atoms with Gasteiger partial charge in [0, 0.05) is 0 Å². The van der Waals surface area contributed by atoms with Crippen LogP contribution in [0.2, 0.25) is 0 Å². The van der Waals surface area contributed by atoms with E-state index < -0.39 is 5.54 Å². The van der Waals surface area contributed by atoms with Crippen LogP contribution in [0, 0.1) is 0 Å². The summed E-state index contributed by atoms with van der Waals surface area (Å²) in [5.74, 6) is -0.290. The zero-order valence-electron chi connectivity index (χ0n) is 6.82. The summed E-state index contributed by atoms with van der Waals surface area (Å²) in [7, 11) is 3.06. The van der Waals surface area contributed by atoms with Gasteiger partial charge in [-0.1, -0.05) is 0 Å². The van der Waals surface area contributed by atoms with E-state index in [0.717, 1.165) is 0 Å². The minimum absolute atomic E-state index is 0.290. The third-order valence-corrected chi connectivity index (χ3v) is 1.13. The Bertz CT molecular complexity index is 123. The Labute approximate surface area is 60.9 Å². The predicted octanol–water partition coefficient (Wildman–Crippen LogP) is -0.338. The van der Waals surface area contributed by atoms with Gasteiger partial charge in [-0.05, 0) is 20.9 Å². The van der Waals surface area contributed by atoms with Crippen molar-refractivity contribution in [1.29, 1.82) is 0 Å². The van der Waals surface area contributed by atoms with Gasteiger partial charge in [-0.25, -0.2) is 5.43 Å². The number of hydrazine groups is 1. The Morgan fingerprint density at radius 3 is 2.30 bits per heavy atom. The maximum atomic E-state index is 10.9. The van der Waals surface area contributed by atoms with Crippen molar-refractivity contribution in [3.05, 3.63) is 0 Å². The maximum Gasteiger partial charge on any atom is 0.326 e. The zero-order valence-corrected chi connectivity index (χ0v) is 6.82. The fourth-order valence-electron chi connectivity index (χ4n) is 0.619. The number of nitrogens with one attached hydrogen (secondary N) is 2. The van der Waals surface area contributed by atoms with Crippen LogP contribution in [0.4, 0.5) is 0 Å². The maximum absolute atomic E-state index is 10.9. The van der Waals surface area contributed by atoms with Gasteiger partial charge in [0.05, 0.1) is 7.11 Å². The SMILES string of the molecule is CNNC(C)(C)C(=O)OC. The van der Waals surface area contributed by atoms with Gasteiger partial charge in [-0.15, -0.1) is 0 Å². The first kappa shape index (κ1) is 9.39. The van der Waals surface area contributed by atoms with Gasteiger partial charge in [0.1, 0.15) is 5.54 Å². The van der Waals surface area contributed by atoms with Crippen LogP contribution in [-0.4, -0.2) is 25.7 Å². The molecule has 0 aliphatic carbocycles. The standard InChI is InChI=1S/C6H14N2O2/c1-6(2,8-7-3)5(9)10-4/h7-8H,1-4H3. The van der Waals surface area contributed by atoms with Crippen LogP contribution in [0.5, 0.6) is 0 Å². The number of carbonyl (C=O) groups excluding carboxylic acids is 1. The fraction of sp³-hybridized carbons (Fsp3) is 0.833. The number of esters is 1. The van der Waals surface area contributed by atoms with E-state index in [4.69, 9.17) is 0 Å². The summed E-state index contributed by atoms with van der Waals surface area (Å²) in [4.78, 5) is 10.9. The average molecular weight is 146 g/mol. The smallest absolute Gasteiger partial charge is 0.326 e. The minimum atomic E-state index is -0.663. The van der Waals surface area contributed by atoms with Crippen LogP contribution in [0.1, 0.15) is 13.8 Å². The third-order valence-electron chi connectivity index (χ3n) is 1.13. The lowest BCUT2D eigenvalue weighted by molar-refractivity contribution is -0.147. The van der Waals surface area contributed by atoms with Gasteiger partial charge < -0.3 is 4.74 Å². The van der Waals surface area contributed by atoms with E-state index in [0.29, 0.717) is 0 Å². The predicted molar refractivity (Wildman–Crippen MR) is 38.3 cm³/mol. The highest BCUT2D eigenvalue weighted by Crippen LogP contribution is 2.01. The van der Waals surface area contributed by atoms with Gasteiger partial charge in [-0.3, -0.25) is 10.2 Å². The molecule has 0 heterocycles. The molecule has 4 nitrogen and oxygen atoms in total. The molecule has 0 atom stereocenters. The highest BCUT2D eigenvalue weighted by molar-refractivity contribution is 5.79. The van der Waals surface area contributed by atoms with Crippen LogP contribution in [-0.2, 0) is 9.53 Å². The lowest BCUT2D eigenvalue weighted by Gasteiger charge is -2.21. The molecule has 4 heteroatoms. The molecule has 0 aromatic rings. The van der Waals surface area contributed by atoms with E-state index in [1.165, 1.54) is 7.11 Å². The molecule has 0 radical (unpaired) electrons. The van der Waals surface area contributed by atoms with Crippen molar-refractivity contribution in [2.75, 3.05) is 14.2 Å². The van der Waals surface area contributed by atoms with Crippen molar-refractivity contribution >= 4 is 5.97 Å². The molecule has 0 spiro atoms. The molecule has 0 aromatic carbocycles. The van der Waals surface area contributed by atoms with Crippen molar-refractivity contribution < 1.29 is 9.53 Å². The second kappa shape index (κ2) is 3.53. The van der Waals surface area contributed by atoms with Crippen molar-refractivity contribution in [3.63, 3.8) is 0 Å². The quantitative estimate of drug-likeness (QED) is 0.422. The van der Waals surface area contributed by atoms with Gasteiger partial charge in [-0.2, -0.15) is 0 Å². The molecule has 0 saturated carbocycles. The van der Waals surface area contributed by atoms with Crippen LogP contribution >= 0.6 is 0 Å². The Kier molecular flexibility index (Phi) is 3.32. The second-order valence-corrected chi connectivity index (χ2v) is 2.49. The number of rotatable bonds is 3. The monoisotopic (exact) mass is 146 g/mol. The molecule has 0 rings (SSSR count). The topological polar surface area (TPSA) is 50.4 Å². The molecule has 0 aliphatic rings. The number of hydrogen-bond donors (Lipinski definition) is 2. The van der Waals surface area contributed by atoms with Crippen LogP contribution < -0.4 is 10.9 Å². The fourth-order valence-corrected chi connectivity index (χ4v) is 0.619. The van der Waals surface area contributed by atoms with Gasteiger partial charge in [0.25, 0.3) is 0 Å². The molecule has 0 bridgehead atoms. The van der Waals surface area contributed by atoms with Gasteiger partial charge in [0.15, 0.2) is 0 Å². The molecule has 60 valence electrons. The van der Waals surface area contributed by atoms with Gasteiger partial charge >= 0.3 is 5.97 Å². The summed E-state index contributed by atoms with van der Waals surface area (Å²) < 4.78 is 4.53. The van der Waals surface area contributed by atoms with Crippen molar-refractivity contribution in [2.45, 2.75) is 19.4 Å². The zero-order chi connectivity index (χ0) is 8.20. The number of hydrogen-bond acceptors (Lipinski definition) is 4. The first-order valence-corrected chi connectivity index (χ1v) is 3.07. The van der Waals surface area contributed by atoms with Crippen molar-refractivity contribution in [2.24, 2.45) is 0 Å². The highest BCUT2D eigenvalue weighted by Gasteiger charge is 2.27. The van der Waals surface area contributed by atoms with Gasteiger partial charge in [0.2, 0.25) is 0 Å². The molecular weight excluding hydrogens is 132 g/mol. The van der Waals surface area contributed by atoms with Crippen LogP contribution in [0.3, 0.4) is 0 Å². The van der Waals surface area contributed by atoms with E-state index in [9.17, 15) is 4.79 Å². The summed E-state index contributed by atoms with van der Waals surface area (Å²) in [6.45, 7) is 3.46. The molecule has 0 unspecified atom stereocenters. The van der Waals surface area contributed by atoms with E-state index in [-0.39, 0.29) is 5.97 Å². The Morgan fingerprint density at radius 1 is 1.50 bits per heavy atom. The molecular formula is C6H14N2O2. The summed E-state index contributed by atoms with van der Waals surface area (Å²) >= 11 is 0. The second-order valence-electron chi connectivity index (χ2n) is 2.49. The highest BCUT2D eigenvalue weighted by atomic mass is 16.5. The van der Waals surface area contributed by atoms with E-state index in [1.807, 2.05) is 0 Å². The molecule has 0 fully saturated rings. The lowest BCUT2D eigenvalue weighted by atomic mass is 10.1. The summed E-state index contributed by atoms with van der Waals surface area (Å²) in [6.07, 6.45) is 0. The molecule has 0 amide bonds.